The number of nitrogens with one attached hydrogen (secondary N) is 1. The lowest BCUT2D eigenvalue weighted by Gasteiger charge is -1.97. The molecule has 0 atom stereocenters. The monoisotopic (exact) mass is 219 g/mol. The maximum Gasteiger partial charge on any atom is 0.0781 e. The van der Waals surface area contributed by atoms with Crippen LogP contribution in [0.15, 0.2) is 0 Å². The Hall–Kier alpha value is -1.27. The summed E-state index contributed by atoms with van der Waals surface area (Å²) in [6.45, 7) is 8.06. The molecule has 0 amide bonds. The highest BCUT2D eigenvalue weighted by Crippen LogP contribution is 2.13. The lowest BCUT2D eigenvalue weighted by atomic mass is 10.1. The third kappa shape index (κ3) is 2.86. The molecule has 1 N–H and O–H groups in total. The maximum atomic E-state index is 4.49. The van der Waals surface area contributed by atoms with E-state index in [0.29, 0.717) is 0 Å². The van der Waals surface area contributed by atoms with Gasteiger partial charge in [0, 0.05) is 7.05 Å². The highest BCUT2D eigenvalue weighted by atomic mass is 15.3. The Bertz CT molecular complexity index is 393. The van der Waals surface area contributed by atoms with Crippen LogP contribution < -0.4 is 5.32 Å². The number of aryl methyl sites for hydroxylation is 2. The predicted molar refractivity (Wildman–Crippen MR) is 67.4 cm³/mol. The van der Waals surface area contributed by atoms with Gasteiger partial charge in [-0.15, -0.1) is 0 Å². The SMILES string of the molecule is CCNCC#Cc1c(CC)nn(C)c1CC. The molecule has 0 aliphatic carbocycles. The standard InChI is InChI=1S/C13H21N3/c1-5-12-11(9-8-10-14-7-3)13(6-2)16(4)15-12/h14H,5-7,10H2,1-4H3. The van der Waals surface area contributed by atoms with Crippen LogP contribution in [0.2, 0.25) is 0 Å². The van der Waals surface area contributed by atoms with Gasteiger partial charge in [-0.2, -0.15) is 5.10 Å². The van der Waals surface area contributed by atoms with E-state index < -0.39 is 0 Å². The van der Waals surface area contributed by atoms with E-state index in [1.54, 1.807) is 0 Å². The van der Waals surface area contributed by atoms with Crippen LogP contribution in [0.3, 0.4) is 0 Å². The van der Waals surface area contributed by atoms with Crippen molar-refractivity contribution < 1.29 is 0 Å². The van der Waals surface area contributed by atoms with Gasteiger partial charge in [0.05, 0.1) is 23.5 Å². The molecule has 0 aromatic carbocycles. The summed E-state index contributed by atoms with van der Waals surface area (Å²) in [6, 6.07) is 0. The van der Waals surface area contributed by atoms with Gasteiger partial charge in [0.2, 0.25) is 0 Å². The summed E-state index contributed by atoms with van der Waals surface area (Å²) in [5.41, 5.74) is 3.48. The minimum absolute atomic E-state index is 0.748. The molecule has 0 unspecified atom stereocenters. The molecule has 0 saturated heterocycles. The molecule has 0 aliphatic rings. The van der Waals surface area contributed by atoms with Crippen molar-refractivity contribution in [3.8, 4) is 11.8 Å². The molecule has 0 bridgehead atoms. The van der Waals surface area contributed by atoms with Gasteiger partial charge < -0.3 is 5.32 Å². The van der Waals surface area contributed by atoms with E-state index in [-0.39, 0.29) is 0 Å². The Morgan fingerprint density at radius 2 is 2.00 bits per heavy atom. The quantitative estimate of drug-likeness (QED) is 0.614. The van der Waals surface area contributed by atoms with E-state index in [9.17, 15) is 0 Å². The molecule has 1 rings (SSSR count). The molecule has 0 radical (unpaired) electrons. The van der Waals surface area contributed by atoms with Crippen molar-refractivity contribution in [1.29, 1.82) is 0 Å². The molecule has 1 aromatic rings. The van der Waals surface area contributed by atoms with Gasteiger partial charge in [-0.05, 0) is 19.4 Å². The van der Waals surface area contributed by atoms with Crippen molar-refractivity contribution in [2.45, 2.75) is 33.6 Å². The fourth-order valence-corrected chi connectivity index (χ4v) is 1.74. The molecule has 1 aromatic heterocycles. The summed E-state index contributed by atoms with van der Waals surface area (Å²) >= 11 is 0. The van der Waals surface area contributed by atoms with Gasteiger partial charge >= 0.3 is 0 Å². The third-order valence-corrected chi connectivity index (χ3v) is 2.59. The van der Waals surface area contributed by atoms with Crippen LogP contribution >= 0.6 is 0 Å². The highest BCUT2D eigenvalue weighted by Gasteiger charge is 2.10. The molecule has 16 heavy (non-hydrogen) atoms. The first-order valence-electron chi connectivity index (χ1n) is 5.98. The second kappa shape index (κ2) is 6.34. The number of aromatic nitrogens is 2. The van der Waals surface area contributed by atoms with Crippen LogP contribution in [0.5, 0.6) is 0 Å². The zero-order valence-corrected chi connectivity index (χ0v) is 10.7. The first kappa shape index (κ1) is 12.8. The van der Waals surface area contributed by atoms with Crippen LogP contribution in [0.1, 0.15) is 37.7 Å². The Balaban J connectivity index is 2.94. The average molecular weight is 219 g/mol. The minimum Gasteiger partial charge on any atom is -0.306 e. The molecule has 0 saturated carbocycles. The summed E-state index contributed by atoms with van der Waals surface area (Å²) in [4.78, 5) is 0. The number of hydrogen-bond donors (Lipinski definition) is 1. The van der Waals surface area contributed by atoms with Crippen LogP contribution in [0, 0.1) is 11.8 Å². The van der Waals surface area contributed by atoms with Crippen LogP contribution in [0.4, 0.5) is 0 Å². The average Bonchev–Trinajstić information content (AvgIpc) is 2.60. The topological polar surface area (TPSA) is 29.9 Å². The van der Waals surface area contributed by atoms with E-state index in [1.807, 2.05) is 11.7 Å². The molecule has 3 heteroatoms. The van der Waals surface area contributed by atoms with Crippen molar-refractivity contribution in [1.82, 2.24) is 15.1 Å². The van der Waals surface area contributed by atoms with Gasteiger partial charge in [-0.3, -0.25) is 4.68 Å². The van der Waals surface area contributed by atoms with Crippen LogP contribution in [-0.2, 0) is 19.9 Å². The molecule has 88 valence electrons. The van der Waals surface area contributed by atoms with Gasteiger partial charge in [-0.25, -0.2) is 0 Å². The van der Waals surface area contributed by atoms with Gasteiger partial charge in [0.25, 0.3) is 0 Å². The summed E-state index contributed by atoms with van der Waals surface area (Å²) in [7, 11) is 1.99. The fraction of sp³-hybridized carbons (Fsp3) is 0.615. The Kier molecular flexibility index (Phi) is 5.07. The highest BCUT2D eigenvalue weighted by molar-refractivity contribution is 5.42. The zero-order valence-electron chi connectivity index (χ0n) is 10.7. The molecule has 0 aliphatic heterocycles. The zero-order chi connectivity index (χ0) is 12.0. The predicted octanol–water partition coefficient (Wildman–Crippen LogP) is 1.51. The molecule has 3 nitrogen and oxygen atoms in total. The summed E-state index contributed by atoms with van der Waals surface area (Å²) in [5.74, 6) is 6.39. The minimum atomic E-state index is 0.748. The van der Waals surface area contributed by atoms with Crippen molar-refractivity contribution in [2.75, 3.05) is 13.1 Å². The molecule has 1 heterocycles. The summed E-state index contributed by atoms with van der Waals surface area (Å²) in [6.07, 6.45) is 1.92. The lowest BCUT2D eigenvalue weighted by Crippen LogP contribution is -2.12. The molecular formula is C13H21N3. The van der Waals surface area contributed by atoms with Gasteiger partial charge in [0.1, 0.15) is 0 Å². The smallest absolute Gasteiger partial charge is 0.0781 e. The van der Waals surface area contributed by atoms with Crippen LogP contribution in [-0.4, -0.2) is 22.9 Å². The first-order chi connectivity index (χ1) is 7.74. The number of rotatable bonds is 4. The van der Waals surface area contributed by atoms with E-state index >= 15 is 0 Å². The van der Waals surface area contributed by atoms with Gasteiger partial charge in [-0.1, -0.05) is 32.6 Å². The van der Waals surface area contributed by atoms with Crippen molar-refractivity contribution >= 4 is 0 Å². The van der Waals surface area contributed by atoms with E-state index in [2.05, 4.69) is 43.0 Å². The first-order valence-corrected chi connectivity index (χ1v) is 5.98. The van der Waals surface area contributed by atoms with Crippen molar-refractivity contribution in [3.05, 3.63) is 17.0 Å². The lowest BCUT2D eigenvalue weighted by molar-refractivity contribution is 0.704. The van der Waals surface area contributed by atoms with E-state index in [1.165, 1.54) is 5.69 Å². The maximum absolute atomic E-state index is 4.49. The summed E-state index contributed by atoms with van der Waals surface area (Å²) in [5, 5.41) is 7.69. The molecule has 0 fully saturated rings. The molecule has 0 spiro atoms. The van der Waals surface area contributed by atoms with Crippen molar-refractivity contribution in [2.24, 2.45) is 7.05 Å². The van der Waals surface area contributed by atoms with Crippen molar-refractivity contribution in [3.63, 3.8) is 0 Å². The van der Waals surface area contributed by atoms with Crippen LogP contribution in [0.25, 0.3) is 0 Å². The largest absolute Gasteiger partial charge is 0.306 e. The number of hydrogen-bond acceptors (Lipinski definition) is 2. The Morgan fingerprint density at radius 3 is 2.56 bits per heavy atom. The van der Waals surface area contributed by atoms with Gasteiger partial charge in [0.15, 0.2) is 0 Å². The summed E-state index contributed by atoms with van der Waals surface area (Å²) < 4.78 is 1.95. The Labute approximate surface area is 98.2 Å². The third-order valence-electron chi connectivity index (χ3n) is 2.59. The second-order valence-corrected chi connectivity index (χ2v) is 3.68. The fourth-order valence-electron chi connectivity index (χ4n) is 1.74. The van der Waals surface area contributed by atoms with E-state index in [4.69, 9.17) is 0 Å². The normalized spacial score (nSPS) is 10.0. The van der Waals surface area contributed by atoms with E-state index in [0.717, 1.165) is 37.2 Å². The number of nitrogens with zero attached hydrogens (tertiary/aromatic N) is 2. The Morgan fingerprint density at radius 1 is 1.25 bits per heavy atom. The molecular weight excluding hydrogens is 198 g/mol. The second-order valence-electron chi connectivity index (χ2n) is 3.68.